The Morgan fingerprint density at radius 1 is 0.971 bits per heavy atom. The number of β-amino-alcohol motifs (C(OH)–C–C–N with tert-alkyl or cyclic N) is 1. The number of aliphatic hydroxyl groups is 1. The number of phenolic OH excluding ortho intramolecular Hbond substituents is 2. The lowest BCUT2D eigenvalue weighted by atomic mass is 9.93. The summed E-state index contributed by atoms with van der Waals surface area (Å²) >= 11 is 12.1. The van der Waals surface area contributed by atoms with E-state index < -0.39 is 6.10 Å². The standard InChI is InChI=1S/C27H30Cl2N2O4/c1-27(2,31-16-25(34)20-10-22(32)13-23(33)11-20)14-18-5-3-4-17(8-18)9-26(35)30-15-19-6-7-21(28)12-24(19)29/h3-8,10-13,25,31-34H,9,14-16H2,1-2H3,(H,30,35)/t25-/m0/s1. The van der Waals surface area contributed by atoms with Gasteiger partial charge in [-0.05, 0) is 66.8 Å². The summed E-state index contributed by atoms with van der Waals surface area (Å²) in [5, 5.41) is 37.0. The molecule has 0 saturated carbocycles. The maximum atomic E-state index is 12.5. The molecule has 0 radical (unpaired) electrons. The zero-order valence-corrected chi connectivity index (χ0v) is 21.2. The summed E-state index contributed by atoms with van der Waals surface area (Å²) in [5.41, 5.74) is 2.82. The first kappa shape index (κ1) is 26.8. The monoisotopic (exact) mass is 516 g/mol. The SMILES string of the molecule is CC(C)(Cc1cccc(CC(=O)NCc2ccc(Cl)cc2Cl)c1)NC[C@H](O)c1cc(O)cc(O)c1. The lowest BCUT2D eigenvalue weighted by molar-refractivity contribution is -0.120. The molecule has 0 aromatic heterocycles. The van der Waals surface area contributed by atoms with Crippen LogP contribution in [0.1, 0.15) is 42.2 Å². The van der Waals surface area contributed by atoms with Gasteiger partial charge in [0.2, 0.25) is 5.91 Å². The van der Waals surface area contributed by atoms with E-state index >= 15 is 0 Å². The van der Waals surface area contributed by atoms with Crippen LogP contribution in [0.3, 0.4) is 0 Å². The van der Waals surface area contributed by atoms with Gasteiger partial charge < -0.3 is 26.0 Å². The van der Waals surface area contributed by atoms with Gasteiger partial charge in [0.1, 0.15) is 11.5 Å². The Balaban J connectivity index is 1.53. The van der Waals surface area contributed by atoms with E-state index in [2.05, 4.69) is 10.6 Å². The minimum atomic E-state index is -0.892. The number of nitrogens with one attached hydrogen (secondary N) is 2. The minimum absolute atomic E-state index is 0.101. The quantitative estimate of drug-likeness (QED) is 0.263. The molecule has 5 N–H and O–H groups in total. The van der Waals surface area contributed by atoms with Crippen LogP contribution in [0.5, 0.6) is 11.5 Å². The van der Waals surface area contributed by atoms with E-state index in [1.807, 2.05) is 38.1 Å². The number of phenols is 2. The Labute approximate surface area is 215 Å². The van der Waals surface area contributed by atoms with Crippen molar-refractivity contribution in [3.8, 4) is 11.5 Å². The third kappa shape index (κ3) is 8.44. The number of amides is 1. The Hall–Kier alpha value is -2.77. The van der Waals surface area contributed by atoms with Crippen molar-refractivity contribution in [2.75, 3.05) is 6.54 Å². The fourth-order valence-corrected chi connectivity index (χ4v) is 4.31. The molecule has 1 amide bonds. The van der Waals surface area contributed by atoms with Gasteiger partial charge in [-0.3, -0.25) is 4.79 Å². The molecule has 1 atom stereocenters. The van der Waals surface area contributed by atoms with Gasteiger partial charge in [-0.15, -0.1) is 0 Å². The smallest absolute Gasteiger partial charge is 0.224 e. The van der Waals surface area contributed by atoms with E-state index in [-0.39, 0.29) is 35.9 Å². The molecule has 0 fully saturated rings. The highest BCUT2D eigenvalue weighted by Crippen LogP contribution is 2.25. The molecule has 0 aliphatic rings. The van der Waals surface area contributed by atoms with Crippen molar-refractivity contribution in [2.24, 2.45) is 0 Å². The van der Waals surface area contributed by atoms with Gasteiger partial charge in [0.15, 0.2) is 0 Å². The lowest BCUT2D eigenvalue weighted by Gasteiger charge is -2.28. The van der Waals surface area contributed by atoms with Gasteiger partial charge >= 0.3 is 0 Å². The van der Waals surface area contributed by atoms with Gasteiger partial charge in [0.25, 0.3) is 0 Å². The van der Waals surface area contributed by atoms with Crippen LogP contribution in [0, 0.1) is 0 Å². The topological polar surface area (TPSA) is 102 Å². The Morgan fingerprint density at radius 2 is 1.66 bits per heavy atom. The van der Waals surface area contributed by atoms with E-state index in [4.69, 9.17) is 23.2 Å². The zero-order chi connectivity index (χ0) is 25.6. The number of hydrogen-bond acceptors (Lipinski definition) is 5. The van der Waals surface area contributed by atoms with Gasteiger partial charge in [0.05, 0.1) is 12.5 Å². The maximum Gasteiger partial charge on any atom is 0.224 e. The fourth-order valence-electron chi connectivity index (χ4n) is 3.83. The van der Waals surface area contributed by atoms with E-state index in [9.17, 15) is 20.1 Å². The highest BCUT2D eigenvalue weighted by Gasteiger charge is 2.21. The van der Waals surface area contributed by atoms with Crippen LogP contribution in [0.2, 0.25) is 10.0 Å². The molecule has 0 saturated heterocycles. The van der Waals surface area contributed by atoms with Crippen molar-refractivity contribution in [1.82, 2.24) is 10.6 Å². The van der Waals surface area contributed by atoms with Gasteiger partial charge in [0, 0.05) is 34.7 Å². The van der Waals surface area contributed by atoms with Crippen LogP contribution in [-0.2, 0) is 24.2 Å². The van der Waals surface area contributed by atoms with Crippen LogP contribution < -0.4 is 10.6 Å². The van der Waals surface area contributed by atoms with E-state index in [1.54, 1.807) is 18.2 Å². The highest BCUT2D eigenvalue weighted by atomic mass is 35.5. The van der Waals surface area contributed by atoms with Crippen molar-refractivity contribution in [3.63, 3.8) is 0 Å². The average Bonchev–Trinajstić information content (AvgIpc) is 2.76. The number of benzene rings is 3. The van der Waals surface area contributed by atoms with Crippen molar-refractivity contribution in [1.29, 1.82) is 0 Å². The van der Waals surface area contributed by atoms with Gasteiger partial charge in [-0.1, -0.05) is 53.5 Å². The molecule has 0 spiro atoms. The largest absolute Gasteiger partial charge is 0.508 e. The normalized spacial score (nSPS) is 12.4. The predicted molar refractivity (Wildman–Crippen MR) is 139 cm³/mol. The minimum Gasteiger partial charge on any atom is -0.508 e. The van der Waals surface area contributed by atoms with Crippen LogP contribution in [0.15, 0.2) is 60.7 Å². The van der Waals surface area contributed by atoms with Gasteiger partial charge in [-0.2, -0.15) is 0 Å². The number of halogens is 2. The predicted octanol–water partition coefficient (Wildman–Crippen LogP) is 4.91. The summed E-state index contributed by atoms with van der Waals surface area (Å²) in [6.45, 7) is 4.61. The van der Waals surface area contributed by atoms with Crippen LogP contribution >= 0.6 is 23.2 Å². The number of aliphatic hydroxyl groups excluding tert-OH is 1. The van der Waals surface area contributed by atoms with Crippen molar-refractivity contribution in [3.05, 3.63) is 93.0 Å². The molecule has 6 nitrogen and oxygen atoms in total. The van der Waals surface area contributed by atoms with E-state index in [0.717, 1.165) is 16.7 Å². The van der Waals surface area contributed by atoms with Gasteiger partial charge in [-0.25, -0.2) is 0 Å². The zero-order valence-electron chi connectivity index (χ0n) is 19.7. The second-order valence-electron chi connectivity index (χ2n) is 9.25. The van der Waals surface area contributed by atoms with Crippen molar-refractivity contribution < 1.29 is 20.1 Å². The molecular weight excluding hydrogens is 487 g/mol. The molecule has 3 aromatic carbocycles. The molecule has 0 unspecified atom stereocenters. The number of carbonyl (C=O) groups is 1. The Bertz CT molecular complexity index is 1160. The third-order valence-corrected chi connectivity index (χ3v) is 6.16. The van der Waals surface area contributed by atoms with E-state index in [0.29, 0.717) is 28.6 Å². The first-order chi connectivity index (χ1) is 16.5. The van der Waals surface area contributed by atoms with Crippen LogP contribution in [0.4, 0.5) is 0 Å². The van der Waals surface area contributed by atoms with Crippen LogP contribution in [0.25, 0.3) is 0 Å². The molecule has 35 heavy (non-hydrogen) atoms. The molecule has 0 aliphatic heterocycles. The number of aromatic hydroxyl groups is 2. The lowest BCUT2D eigenvalue weighted by Crippen LogP contribution is -2.43. The van der Waals surface area contributed by atoms with Crippen LogP contribution in [-0.4, -0.2) is 33.3 Å². The molecule has 8 heteroatoms. The molecule has 0 aliphatic carbocycles. The highest BCUT2D eigenvalue weighted by molar-refractivity contribution is 6.35. The van der Waals surface area contributed by atoms with Crippen molar-refractivity contribution in [2.45, 2.75) is 44.9 Å². The summed E-state index contributed by atoms with van der Waals surface area (Å²) in [6.07, 6.45) is 0.0180. The third-order valence-electron chi connectivity index (χ3n) is 5.58. The average molecular weight is 517 g/mol. The summed E-state index contributed by atoms with van der Waals surface area (Å²) in [4.78, 5) is 12.5. The summed E-state index contributed by atoms with van der Waals surface area (Å²) in [6, 6.07) is 17.1. The maximum absolute atomic E-state index is 12.5. The summed E-state index contributed by atoms with van der Waals surface area (Å²) in [7, 11) is 0. The molecule has 3 rings (SSSR count). The first-order valence-electron chi connectivity index (χ1n) is 11.3. The number of hydrogen-bond donors (Lipinski definition) is 5. The number of carbonyl (C=O) groups excluding carboxylic acids is 1. The molecular formula is C27H30Cl2N2O4. The Kier molecular flexibility index (Phi) is 9.03. The molecule has 3 aromatic rings. The van der Waals surface area contributed by atoms with Crippen molar-refractivity contribution >= 4 is 29.1 Å². The molecule has 0 bridgehead atoms. The second-order valence-corrected chi connectivity index (χ2v) is 10.1. The molecule has 0 heterocycles. The first-order valence-corrected chi connectivity index (χ1v) is 12.0. The number of rotatable bonds is 10. The second kappa shape index (κ2) is 11.8. The Morgan fingerprint density at radius 3 is 2.34 bits per heavy atom. The summed E-state index contributed by atoms with van der Waals surface area (Å²) in [5.74, 6) is -0.311. The molecule has 186 valence electrons. The fraction of sp³-hybridized carbons (Fsp3) is 0.296. The van der Waals surface area contributed by atoms with E-state index in [1.165, 1.54) is 18.2 Å². The summed E-state index contributed by atoms with van der Waals surface area (Å²) < 4.78 is 0.